The van der Waals surface area contributed by atoms with E-state index >= 15 is 0 Å². The molecular weight excluding hydrogens is 298 g/mol. The van der Waals surface area contributed by atoms with Crippen molar-refractivity contribution < 1.29 is 4.74 Å². The molecule has 5 aliphatic rings. The lowest BCUT2D eigenvalue weighted by molar-refractivity contribution is -0.248. The third-order valence-corrected chi connectivity index (χ3v) is 7.04. The molecule has 0 aromatic heterocycles. The fraction of sp³-hybridized carbons (Fsp3) is 0.950. The van der Waals surface area contributed by atoms with Crippen LogP contribution < -0.4 is 0 Å². The van der Waals surface area contributed by atoms with Crippen molar-refractivity contribution in [3.63, 3.8) is 0 Å². The Kier molecular flexibility index (Phi) is 3.64. The van der Waals surface area contributed by atoms with Crippen LogP contribution in [0.25, 0.3) is 0 Å². The summed E-state index contributed by atoms with van der Waals surface area (Å²) in [6.45, 7) is 15.2. The second-order valence-electron chi connectivity index (χ2n) is 10.5. The monoisotopic (exact) mass is 331 g/mol. The second kappa shape index (κ2) is 5.19. The third-order valence-electron chi connectivity index (χ3n) is 7.04. The number of nitrogens with zero attached hydrogens (tertiary/aromatic N) is 3. The Hall–Kier alpha value is -0.630. The van der Waals surface area contributed by atoms with Crippen LogP contribution in [0.15, 0.2) is 0 Å². The Bertz CT molecular complexity index is 530. The van der Waals surface area contributed by atoms with Gasteiger partial charge in [-0.15, -0.1) is 0 Å². The molecule has 5 rings (SSSR count). The normalized spacial score (nSPS) is 52.2. The molecule has 5 heterocycles. The molecular formula is C20H33N3O. The largest absolute Gasteiger partial charge is 0.376 e. The van der Waals surface area contributed by atoms with E-state index < -0.39 is 0 Å². The van der Waals surface area contributed by atoms with Gasteiger partial charge in [-0.2, -0.15) is 5.26 Å². The molecule has 0 radical (unpaired) electrons. The van der Waals surface area contributed by atoms with E-state index in [1.807, 2.05) is 0 Å². The lowest BCUT2D eigenvalue weighted by atomic mass is 9.59. The number of ether oxygens (including phenoxy) is 1. The molecule has 5 fully saturated rings. The third kappa shape index (κ3) is 2.60. The molecule has 0 aromatic carbocycles. The van der Waals surface area contributed by atoms with Crippen molar-refractivity contribution in [2.45, 2.75) is 71.6 Å². The Morgan fingerprint density at radius 2 is 1.58 bits per heavy atom. The number of piperidine rings is 2. The number of nitriles is 1. The zero-order chi connectivity index (χ0) is 17.2. The van der Waals surface area contributed by atoms with E-state index in [-0.39, 0.29) is 11.0 Å². The molecule has 4 heteroatoms. The van der Waals surface area contributed by atoms with Gasteiger partial charge in [-0.1, -0.05) is 13.8 Å². The quantitative estimate of drug-likeness (QED) is 0.796. The van der Waals surface area contributed by atoms with E-state index in [2.05, 4.69) is 43.6 Å². The predicted octanol–water partition coefficient (Wildman–Crippen LogP) is 3.24. The van der Waals surface area contributed by atoms with Crippen LogP contribution in [0.4, 0.5) is 0 Å². The lowest BCUT2D eigenvalue weighted by Crippen LogP contribution is -2.77. The fourth-order valence-electron chi connectivity index (χ4n) is 7.16. The maximum absolute atomic E-state index is 9.27. The van der Waals surface area contributed by atoms with Crippen LogP contribution >= 0.6 is 0 Å². The van der Waals surface area contributed by atoms with Gasteiger partial charge < -0.3 is 4.74 Å². The molecule has 134 valence electrons. The van der Waals surface area contributed by atoms with Crippen molar-refractivity contribution >= 4 is 0 Å². The highest BCUT2D eigenvalue weighted by Crippen LogP contribution is 2.57. The van der Waals surface area contributed by atoms with Crippen LogP contribution in [-0.2, 0) is 4.74 Å². The van der Waals surface area contributed by atoms with E-state index in [9.17, 15) is 5.26 Å². The lowest BCUT2D eigenvalue weighted by Gasteiger charge is -2.70. The molecule has 0 amide bonds. The Morgan fingerprint density at radius 3 is 2.08 bits per heavy atom. The van der Waals surface area contributed by atoms with Crippen molar-refractivity contribution in [2.24, 2.45) is 16.2 Å². The van der Waals surface area contributed by atoms with Gasteiger partial charge >= 0.3 is 0 Å². The summed E-state index contributed by atoms with van der Waals surface area (Å²) in [5.74, 6) is 0. The van der Waals surface area contributed by atoms with E-state index in [4.69, 9.17) is 4.74 Å². The minimum atomic E-state index is -0.0710. The molecule has 5 saturated heterocycles. The minimum absolute atomic E-state index is 0.0710. The molecule has 0 N–H and O–H groups in total. The Labute approximate surface area is 147 Å². The summed E-state index contributed by atoms with van der Waals surface area (Å²) in [6, 6.07) is 2.43. The SMILES string of the molecule is CC12CN3CC(C)(CN(C1)C3C1(CCC#N)CCOC(C)(C)C1)C2. The molecule has 0 aliphatic carbocycles. The molecule has 4 bridgehead atoms. The van der Waals surface area contributed by atoms with Gasteiger partial charge in [0, 0.05) is 44.6 Å². The van der Waals surface area contributed by atoms with Gasteiger partial charge in [-0.05, 0) is 50.4 Å². The van der Waals surface area contributed by atoms with Crippen LogP contribution in [-0.4, -0.2) is 54.4 Å². The summed E-state index contributed by atoms with van der Waals surface area (Å²) in [6.07, 6.45) is 5.75. The summed E-state index contributed by atoms with van der Waals surface area (Å²) >= 11 is 0. The van der Waals surface area contributed by atoms with Gasteiger partial charge in [0.25, 0.3) is 0 Å². The zero-order valence-corrected chi connectivity index (χ0v) is 15.9. The van der Waals surface area contributed by atoms with Crippen LogP contribution in [0.5, 0.6) is 0 Å². The van der Waals surface area contributed by atoms with Crippen LogP contribution in [0.1, 0.15) is 59.8 Å². The van der Waals surface area contributed by atoms with Crippen molar-refractivity contribution in [2.75, 3.05) is 32.8 Å². The number of hydrogen-bond donors (Lipinski definition) is 0. The van der Waals surface area contributed by atoms with Crippen LogP contribution in [0.2, 0.25) is 0 Å². The van der Waals surface area contributed by atoms with Crippen LogP contribution in [0.3, 0.4) is 0 Å². The first-order chi connectivity index (χ1) is 11.2. The van der Waals surface area contributed by atoms with Gasteiger partial charge in [0.05, 0.1) is 17.8 Å². The van der Waals surface area contributed by atoms with E-state index in [1.165, 1.54) is 32.6 Å². The smallest absolute Gasteiger partial charge is 0.0683 e. The second-order valence-corrected chi connectivity index (χ2v) is 10.5. The van der Waals surface area contributed by atoms with Gasteiger partial charge in [0.1, 0.15) is 0 Å². The first-order valence-electron chi connectivity index (χ1n) is 9.68. The molecule has 1 unspecified atom stereocenters. The average Bonchev–Trinajstić information content (AvgIpc) is 2.40. The van der Waals surface area contributed by atoms with Gasteiger partial charge in [0.15, 0.2) is 0 Å². The Balaban J connectivity index is 1.68. The molecule has 5 aliphatic heterocycles. The summed E-state index contributed by atoms with van der Waals surface area (Å²) in [4.78, 5) is 5.57. The maximum atomic E-state index is 9.27. The summed E-state index contributed by atoms with van der Waals surface area (Å²) in [5.41, 5.74) is 1.05. The van der Waals surface area contributed by atoms with Crippen molar-refractivity contribution in [3.8, 4) is 6.07 Å². The van der Waals surface area contributed by atoms with Gasteiger partial charge in [0.2, 0.25) is 0 Å². The Morgan fingerprint density at radius 1 is 1.00 bits per heavy atom. The summed E-state index contributed by atoms with van der Waals surface area (Å²) < 4.78 is 6.06. The highest BCUT2D eigenvalue weighted by Gasteiger charge is 2.61. The van der Waals surface area contributed by atoms with E-state index in [0.717, 1.165) is 25.9 Å². The van der Waals surface area contributed by atoms with Crippen molar-refractivity contribution in [3.05, 3.63) is 0 Å². The van der Waals surface area contributed by atoms with Crippen LogP contribution in [0, 0.1) is 27.6 Å². The van der Waals surface area contributed by atoms with Crippen molar-refractivity contribution in [1.82, 2.24) is 9.80 Å². The molecule has 24 heavy (non-hydrogen) atoms. The number of rotatable bonds is 3. The molecule has 0 spiro atoms. The first-order valence-corrected chi connectivity index (χ1v) is 9.68. The van der Waals surface area contributed by atoms with Gasteiger partial charge in [-0.25, -0.2) is 0 Å². The van der Waals surface area contributed by atoms with E-state index in [0.29, 0.717) is 23.4 Å². The fourth-order valence-corrected chi connectivity index (χ4v) is 7.16. The molecule has 1 atom stereocenters. The first kappa shape index (κ1) is 16.8. The molecule has 0 aromatic rings. The minimum Gasteiger partial charge on any atom is -0.376 e. The number of hydrogen-bond acceptors (Lipinski definition) is 4. The van der Waals surface area contributed by atoms with Gasteiger partial charge in [-0.3, -0.25) is 9.80 Å². The highest BCUT2D eigenvalue weighted by molar-refractivity contribution is 5.12. The molecule has 0 saturated carbocycles. The zero-order valence-electron chi connectivity index (χ0n) is 15.9. The predicted molar refractivity (Wildman–Crippen MR) is 94.3 cm³/mol. The average molecular weight is 332 g/mol. The highest BCUT2D eigenvalue weighted by atomic mass is 16.5. The maximum Gasteiger partial charge on any atom is 0.0683 e. The molecule has 4 nitrogen and oxygen atoms in total. The topological polar surface area (TPSA) is 39.5 Å². The standard InChI is InChI=1S/C20H33N3O/c1-17(2)10-20(6-5-8-21,7-9-24-17)16-22-12-18(3)11-19(4,14-22)15-23(16)13-18/h16H,5-7,9-15H2,1-4H3. The van der Waals surface area contributed by atoms with Crippen molar-refractivity contribution in [1.29, 1.82) is 5.26 Å². The van der Waals surface area contributed by atoms with E-state index in [1.54, 1.807) is 0 Å². The summed E-state index contributed by atoms with van der Waals surface area (Å²) in [5, 5.41) is 9.27. The summed E-state index contributed by atoms with van der Waals surface area (Å²) in [7, 11) is 0.